The number of nitrogens with two attached hydrogens (primary N) is 1. The zero-order valence-corrected chi connectivity index (χ0v) is 14.4. The number of hydrogen-bond donors (Lipinski definition) is 2. The first-order valence-corrected chi connectivity index (χ1v) is 9.11. The van der Waals surface area contributed by atoms with Crippen LogP contribution in [0.2, 0.25) is 0 Å². The molecule has 2 aromatic carbocycles. The second kappa shape index (κ2) is 6.84. The maximum absolute atomic E-state index is 12.3. The molecule has 1 amide bonds. The molecule has 0 aliphatic carbocycles. The molecule has 0 aliphatic rings. The number of fused-ring (bicyclic) bond motifs is 1. The fourth-order valence-electron chi connectivity index (χ4n) is 2.27. The zero-order chi connectivity index (χ0) is 18.7. The average molecular weight is 374 g/mol. The largest absolute Gasteiger partial charge is 0.443 e. The Bertz CT molecular complexity index is 1100. The first-order valence-electron chi connectivity index (χ1n) is 7.29. The van der Waals surface area contributed by atoms with E-state index >= 15 is 0 Å². The van der Waals surface area contributed by atoms with Crippen molar-refractivity contribution in [3.63, 3.8) is 0 Å². The van der Waals surface area contributed by atoms with Crippen LogP contribution >= 0.6 is 0 Å². The molecule has 3 N–H and O–H groups in total. The van der Waals surface area contributed by atoms with Crippen LogP contribution in [0, 0.1) is 0 Å². The summed E-state index contributed by atoms with van der Waals surface area (Å²) in [5.74, 6) is -1.05. The van der Waals surface area contributed by atoms with Crippen molar-refractivity contribution in [3.05, 3.63) is 54.4 Å². The van der Waals surface area contributed by atoms with Gasteiger partial charge in [-0.3, -0.25) is 14.4 Å². The smallest absolute Gasteiger partial charge is 0.325 e. The number of hydrogen-bond acceptors (Lipinski definition) is 7. The van der Waals surface area contributed by atoms with Crippen molar-refractivity contribution in [2.75, 3.05) is 6.26 Å². The third kappa shape index (κ3) is 3.98. The van der Waals surface area contributed by atoms with Crippen molar-refractivity contribution in [1.82, 2.24) is 10.3 Å². The lowest BCUT2D eigenvalue weighted by Gasteiger charge is -2.07. The Morgan fingerprint density at radius 3 is 2.81 bits per heavy atom. The number of guanidine groups is 1. The fraction of sp³-hybridized carbons (Fsp3) is 0.0625. The Balaban J connectivity index is 1.85. The van der Waals surface area contributed by atoms with Gasteiger partial charge >= 0.3 is 10.1 Å². The molecule has 0 saturated carbocycles. The van der Waals surface area contributed by atoms with E-state index in [1.165, 1.54) is 6.39 Å². The number of carbonyl (C=O) groups excluding carboxylic acids is 1. The Morgan fingerprint density at radius 2 is 2.04 bits per heavy atom. The van der Waals surface area contributed by atoms with E-state index in [4.69, 9.17) is 10.2 Å². The van der Waals surface area contributed by atoms with E-state index in [0.29, 0.717) is 16.7 Å². The minimum atomic E-state index is -3.81. The average Bonchev–Trinajstić information content (AvgIpc) is 3.08. The summed E-state index contributed by atoms with van der Waals surface area (Å²) in [7, 11) is -3.81. The number of oxazole rings is 1. The molecule has 3 aromatic rings. The summed E-state index contributed by atoms with van der Waals surface area (Å²) in [6.07, 6.45) is 2.16. The zero-order valence-electron chi connectivity index (χ0n) is 13.5. The molecule has 0 spiro atoms. The maximum Gasteiger partial charge on any atom is 0.325 e. The number of nitrogens with one attached hydrogen (secondary N) is 1. The first kappa shape index (κ1) is 17.4. The van der Waals surface area contributed by atoms with Crippen LogP contribution in [0.1, 0.15) is 10.4 Å². The highest BCUT2D eigenvalue weighted by Gasteiger charge is 2.12. The summed E-state index contributed by atoms with van der Waals surface area (Å²) >= 11 is 0. The molecular formula is C16H14N4O5S. The molecule has 0 atom stereocenters. The van der Waals surface area contributed by atoms with Crippen LogP contribution in [0.5, 0.6) is 0 Å². The highest BCUT2D eigenvalue weighted by molar-refractivity contribution is 7.85. The second-order valence-electron chi connectivity index (χ2n) is 5.29. The molecule has 1 heterocycles. The summed E-state index contributed by atoms with van der Waals surface area (Å²) in [4.78, 5) is 16.5. The van der Waals surface area contributed by atoms with E-state index in [2.05, 4.69) is 19.7 Å². The van der Waals surface area contributed by atoms with E-state index < -0.39 is 22.0 Å². The van der Waals surface area contributed by atoms with Gasteiger partial charge in [0.2, 0.25) is 5.96 Å². The highest BCUT2D eigenvalue weighted by Crippen LogP contribution is 2.28. The van der Waals surface area contributed by atoms with Crippen molar-refractivity contribution in [2.24, 2.45) is 10.9 Å². The Morgan fingerprint density at radius 1 is 1.27 bits per heavy atom. The van der Waals surface area contributed by atoms with Gasteiger partial charge in [0.25, 0.3) is 5.91 Å². The summed E-state index contributed by atoms with van der Waals surface area (Å²) in [6, 6.07) is 12.2. The molecular weight excluding hydrogens is 360 g/mol. The molecule has 0 radical (unpaired) electrons. The Kier molecular flexibility index (Phi) is 4.59. The van der Waals surface area contributed by atoms with Gasteiger partial charge in [-0.15, -0.1) is 0 Å². The third-order valence-corrected chi connectivity index (χ3v) is 3.65. The van der Waals surface area contributed by atoms with Crippen LogP contribution in [-0.4, -0.2) is 31.5 Å². The third-order valence-electron chi connectivity index (χ3n) is 3.31. The minimum absolute atomic E-state index is 0.292. The van der Waals surface area contributed by atoms with Crippen molar-refractivity contribution in [2.45, 2.75) is 0 Å². The monoisotopic (exact) mass is 374 g/mol. The van der Waals surface area contributed by atoms with E-state index in [1.807, 2.05) is 18.2 Å². The molecule has 9 nitrogen and oxygen atoms in total. The van der Waals surface area contributed by atoms with Crippen LogP contribution in [0.3, 0.4) is 0 Å². The molecule has 10 heteroatoms. The van der Waals surface area contributed by atoms with E-state index in [-0.39, 0.29) is 0 Å². The van der Waals surface area contributed by atoms with Gasteiger partial charge in [0.15, 0.2) is 12.0 Å². The van der Waals surface area contributed by atoms with Gasteiger partial charge in [0.1, 0.15) is 5.52 Å². The van der Waals surface area contributed by atoms with Gasteiger partial charge in [-0.2, -0.15) is 8.42 Å². The fourth-order valence-corrected chi connectivity index (χ4v) is 2.48. The summed E-state index contributed by atoms with van der Waals surface area (Å²) in [5.41, 5.74) is 8.58. The molecule has 1 aromatic heterocycles. The number of para-hydroxylation sites is 1. The molecule has 0 fully saturated rings. The number of oxime groups is 1. The minimum Gasteiger partial charge on any atom is -0.443 e. The van der Waals surface area contributed by atoms with Crippen LogP contribution in [0.25, 0.3) is 22.2 Å². The quantitative estimate of drug-likeness (QED) is 0.400. The van der Waals surface area contributed by atoms with Crippen LogP contribution in [0.4, 0.5) is 0 Å². The van der Waals surface area contributed by atoms with Crippen molar-refractivity contribution >= 4 is 33.1 Å². The molecule has 3 rings (SSSR count). The van der Waals surface area contributed by atoms with Gasteiger partial charge in [0.05, 0.1) is 6.26 Å². The number of amides is 1. The van der Waals surface area contributed by atoms with Crippen molar-refractivity contribution in [1.29, 1.82) is 0 Å². The highest BCUT2D eigenvalue weighted by atomic mass is 32.2. The second-order valence-corrected chi connectivity index (χ2v) is 6.85. The molecule has 0 aliphatic heterocycles. The lowest BCUT2D eigenvalue weighted by Crippen LogP contribution is -2.37. The standard InChI is InChI=1S/C16H14N4O5S/c1-26(22,23)25-20-16(17)19-15(21)11-5-2-4-10(8-11)12-6-3-7-13-14(12)18-9-24-13/h2-9H,1H3,(H3,17,19,20,21). The molecule has 0 saturated heterocycles. The molecule has 0 unspecified atom stereocenters. The van der Waals surface area contributed by atoms with Gasteiger partial charge < -0.3 is 10.2 Å². The molecule has 26 heavy (non-hydrogen) atoms. The normalized spacial score (nSPS) is 12.1. The topological polar surface area (TPSA) is 137 Å². The maximum atomic E-state index is 12.3. The molecule has 134 valence electrons. The number of carbonyl (C=O) groups is 1. The number of benzene rings is 2. The van der Waals surface area contributed by atoms with Crippen molar-refractivity contribution in [3.8, 4) is 11.1 Å². The van der Waals surface area contributed by atoms with Gasteiger partial charge in [-0.25, -0.2) is 4.98 Å². The number of rotatable bonds is 4. The predicted molar refractivity (Wildman–Crippen MR) is 94.5 cm³/mol. The Labute approximate surface area is 148 Å². The van der Waals surface area contributed by atoms with Gasteiger partial charge in [-0.05, 0) is 28.9 Å². The summed E-state index contributed by atoms with van der Waals surface area (Å²) in [5, 5.41) is 5.37. The lowest BCUT2D eigenvalue weighted by atomic mass is 10.0. The van der Waals surface area contributed by atoms with Crippen molar-refractivity contribution < 1.29 is 21.9 Å². The molecule has 0 bridgehead atoms. The predicted octanol–water partition coefficient (Wildman–Crippen LogP) is 1.43. The van der Waals surface area contributed by atoms with E-state index in [0.717, 1.165) is 17.4 Å². The Hall–Kier alpha value is -3.40. The summed E-state index contributed by atoms with van der Waals surface area (Å²) < 4.78 is 31.2. The van der Waals surface area contributed by atoms with E-state index in [1.54, 1.807) is 24.3 Å². The SMILES string of the molecule is CS(=O)(=O)ON=C(N)NC(=O)c1cccc(-c2cccc3ocnc23)c1. The van der Waals surface area contributed by atoms with E-state index in [9.17, 15) is 13.2 Å². The first-order chi connectivity index (χ1) is 12.3. The van der Waals surface area contributed by atoms with Gasteiger partial charge in [0, 0.05) is 11.1 Å². The van der Waals surface area contributed by atoms with Crippen LogP contribution in [-0.2, 0) is 14.4 Å². The van der Waals surface area contributed by atoms with Gasteiger partial charge in [-0.1, -0.05) is 24.3 Å². The van der Waals surface area contributed by atoms with Crippen LogP contribution < -0.4 is 11.1 Å². The number of aromatic nitrogens is 1. The lowest BCUT2D eigenvalue weighted by molar-refractivity contribution is 0.0975. The number of nitrogens with zero attached hydrogens (tertiary/aromatic N) is 2. The summed E-state index contributed by atoms with van der Waals surface area (Å²) in [6.45, 7) is 0. The van der Waals surface area contributed by atoms with Crippen LogP contribution in [0.15, 0.2) is 58.4 Å².